The summed E-state index contributed by atoms with van der Waals surface area (Å²) in [6.45, 7) is 3.89. The highest BCUT2D eigenvalue weighted by atomic mass is 79.9. The number of rotatable bonds is 10. The third-order valence-electron chi connectivity index (χ3n) is 2.67. The van der Waals surface area contributed by atoms with Crippen LogP contribution in [0.3, 0.4) is 0 Å². The third kappa shape index (κ3) is 7.52. The van der Waals surface area contributed by atoms with Crippen molar-refractivity contribution in [3.05, 3.63) is 28.2 Å². The summed E-state index contributed by atoms with van der Waals surface area (Å²) in [7, 11) is 1.68. The summed E-state index contributed by atoms with van der Waals surface area (Å²) in [6, 6.07) is 5.54. The number of phenolic OH excluding ortho intramolecular Hbond substituents is 1. The van der Waals surface area contributed by atoms with Gasteiger partial charge in [-0.25, -0.2) is 0 Å². The van der Waals surface area contributed by atoms with Crippen LogP contribution in [0, 0.1) is 0 Å². The van der Waals surface area contributed by atoms with Crippen molar-refractivity contribution in [3.8, 4) is 5.75 Å². The molecule has 0 aliphatic carbocycles. The van der Waals surface area contributed by atoms with E-state index in [1.807, 2.05) is 12.1 Å². The first-order chi connectivity index (χ1) is 9.24. The molecule has 0 aromatic heterocycles. The molecule has 0 radical (unpaired) electrons. The van der Waals surface area contributed by atoms with Gasteiger partial charge in [-0.1, -0.05) is 6.07 Å². The van der Waals surface area contributed by atoms with Gasteiger partial charge in [0, 0.05) is 20.3 Å². The normalized spacial score (nSPS) is 10.8. The second-order valence-corrected chi connectivity index (χ2v) is 5.13. The average Bonchev–Trinajstić information content (AvgIpc) is 2.41. The molecule has 1 aromatic carbocycles. The molecule has 19 heavy (non-hydrogen) atoms. The van der Waals surface area contributed by atoms with Crippen molar-refractivity contribution < 1.29 is 14.6 Å². The van der Waals surface area contributed by atoms with Gasteiger partial charge < -0.3 is 19.9 Å². The molecule has 0 aliphatic rings. The number of methoxy groups -OCH3 is 1. The summed E-state index contributed by atoms with van der Waals surface area (Å²) in [6.07, 6.45) is 2.14. The first kappa shape index (κ1) is 16.4. The van der Waals surface area contributed by atoms with Crippen LogP contribution in [0.25, 0.3) is 0 Å². The molecule has 1 aromatic rings. The van der Waals surface area contributed by atoms with Crippen LogP contribution in [-0.4, -0.2) is 38.6 Å². The molecular weight excluding hydrogens is 310 g/mol. The van der Waals surface area contributed by atoms with Crippen LogP contribution >= 0.6 is 15.9 Å². The number of benzene rings is 1. The van der Waals surface area contributed by atoms with E-state index in [9.17, 15) is 5.11 Å². The lowest BCUT2D eigenvalue weighted by Gasteiger charge is -2.07. The highest BCUT2D eigenvalue weighted by Gasteiger charge is 1.99. The SMILES string of the molecule is COCCOCCCCNCc1ccc(O)c(Br)c1. The predicted octanol–water partition coefficient (Wildman–Crippen LogP) is 2.69. The van der Waals surface area contributed by atoms with E-state index in [0.717, 1.165) is 42.6 Å². The summed E-state index contributed by atoms with van der Waals surface area (Å²) >= 11 is 3.31. The smallest absolute Gasteiger partial charge is 0.129 e. The number of hydrogen-bond acceptors (Lipinski definition) is 4. The van der Waals surface area contributed by atoms with Crippen molar-refractivity contribution in [1.29, 1.82) is 0 Å². The maximum Gasteiger partial charge on any atom is 0.129 e. The molecule has 0 saturated heterocycles. The maximum atomic E-state index is 9.38. The lowest BCUT2D eigenvalue weighted by Crippen LogP contribution is -2.15. The number of nitrogens with one attached hydrogen (secondary N) is 1. The van der Waals surface area contributed by atoms with E-state index in [1.54, 1.807) is 13.2 Å². The number of ether oxygens (including phenoxy) is 2. The molecule has 0 aliphatic heterocycles. The number of unbranched alkanes of at least 4 members (excludes halogenated alkanes) is 1. The number of hydrogen-bond donors (Lipinski definition) is 2. The summed E-state index contributed by atoms with van der Waals surface area (Å²) < 4.78 is 11.0. The Kier molecular flexibility index (Phi) is 8.82. The minimum atomic E-state index is 0.275. The quantitative estimate of drug-likeness (QED) is 0.647. The first-order valence-corrected chi connectivity index (χ1v) is 7.28. The predicted molar refractivity (Wildman–Crippen MR) is 79.4 cm³/mol. The zero-order chi connectivity index (χ0) is 13.9. The van der Waals surface area contributed by atoms with Crippen LogP contribution in [-0.2, 0) is 16.0 Å². The van der Waals surface area contributed by atoms with Gasteiger partial charge in [-0.3, -0.25) is 0 Å². The molecule has 0 bridgehead atoms. The molecule has 0 spiro atoms. The molecule has 5 heteroatoms. The van der Waals surface area contributed by atoms with Gasteiger partial charge in [0.25, 0.3) is 0 Å². The minimum Gasteiger partial charge on any atom is -0.507 e. The molecule has 0 unspecified atom stereocenters. The monoisotopic (exact) mass is 331 g/mol. The summed E-state index contributed by atoms with van der Waals surface area (Å²) in [5.74, 6) is 0.275. The Morgan fingerprint density at radius 1 is 1.21 bits per heavy atom. The highest BCUT2D eigenvalue weighted by molar-refractivity contribution is 9.10. The van der Waals surface area contributed by atoms with Gasteiger partial charge >= 0.3 is 0 Å². The van der Waals surface area contributed by atoms with Crippen LogP contribution in [0.2, 0.25) is 0 Å². The summed E-state index contributed by atoms with van der Waals surface area (Å²) in [5.41, 5.74) is 1.15. The van der Waals surface area contributed by atoms with Gasteiger partial charge in [0.15, 0.2) is 0 Å². The average molecular weight is 332 g/mol. The molecule has 0 heterocycles. The lowest BCUT2D eigenvalue weighted by molar-refractivity contribution is 0.0688. The van der Waals surface area contributed by atoms with Crippen molar-refractivity contribution in [2.75, 3.05) is 33.5 Å². The second kappa shape index (κ2) is 10.2. The lowest BCUT2D eigenvalue weighted by atomic mass is 10.2. The fourth-order valence-electron chi connectivity index (χ4n) is 1.59. The Morgan fingerprint density at radius 3 is 2.79 bits per heavy atom. The Balaban J connectivity index is 2.00. The standard InChI is InChI=1S/C14H22BrNO3/c1-18-8-9-19-7-3-2-6-16-11-12-4-5-14(17)13(15)10-12/h4-5,10,16-17H,2-3,6-9,11H2,1H3. The third-order valence-corrected chi connectivity index (χ3v) is 3.30. The largest absolute Gasteiger partial charge is 0.507 e. The summed E-state index contributed by atoms with van der Waals surface area (Å²) in [4.78, 5) is 0. The number of aromatic hydroxyl groups is 1. The van der Waals surface area contributed by atoms with Gasteiger partial charge in [-0.05, 0) is 53.0 Å². The highest BCUT2D eigenvalue weighted by Crippen LogP contribution is 2.24. The Hall–Kier alpha value is -0.620. The van der Waals surface area contributed by atoms with Crippen LogP contribution in [0.4, 0.5) is 0 Å². The second-order valence-electron chi connectivity index (χ2n) is 4.27. The van der Waals surface area contributed by atoms with Crippen molar-refractivity contribution in [2.45, 2.75) is 19.4 Å². The molecule has 0 saturated carbocycles. The zero-order valence-corrected chi connectivity index (χ0v) is 12.9. The first-order valence-electron chi connectivity index (χ1n) is 6.49. The molecule has 108 valence electrons. The molecule has 0 amide bonds. The van der Waals surface area contributed by atoms with Gasteiger partial charge in [-0.2, -0.15) is 0 Å². The van der Waals surface area contributed by atoms with Crippen molar-refractivity contribution in [2.24, 2.45) is 0 Å². The fourth-order valence-corrected chi connectivity index (χ4v) is 2.02. The number of phenols is 1. The van der Waals surface area contributed by atoms with Crippen molar-refractivity contribution in [1.82, 2.24) is 5.32 Å². The minimum absolute atomic E-state index is 0.275. The Morgan fingerprint density at radius 2 is 2.05 bits per heavy atom. The van der Waals surface area contributed by atoms with E-state index in [0.29, 0.717) is 13.2 Å². The molecule has 2 N–H and O–H groups in total. The summed E-state index contributed by atoms with van der Waals surface area (Å²) in [5, 5.41) is 12.8. The van der Waals surface area contributed by atoms with Gasteiger partial charge in [0.1, 0.15) is 5.75 Å². The Bertz CT molecular complexity index is 361. The molecule has 0 atom stereocenters. The maximum absolute atomic E-state index is 9.38. The van der Waals surface area contributed by atoms with E-state index in [-0.39, 0.29) is 5.75 Å². The van der Waals surface area contributed by atoms with E-state index >= 15 is 0 Å². The fraction of sp³-hybridized carbons (Fsp3) is 0.571. The van der Waals surface area contributed by atoms with E-state index in [1.165, 1.54) is 0 Å². The van der Waals surface area contributed by atoms with E-state index < -0.39 is 0 Å². The molecule has 1 rings (SSSR count). The topological polar surface area (TPSA) is 50.7 Å². The van der Waals surface area contributed by atoms with Crippen molar-refractivity contribution in [3.63, 3.8) is 0 Å². The van der Waals surface area contributed by atoms with Crippen molar-refractivity contribution >= 4 is 15.9 Å². The van der Waals surface area contributed by atoms with Gasteiger partial charge in [0.05, 0.1) is 17.7 Å². The van der Waals surface area contributed by atoms with E-state index in [4.69, 9.17) is 9.47 Å². The zero-order valence-electron chi connectivity index (χ0n) is 11.3. The molecular formula is C14H22BrNO3. The van der Waals surface area contributed by atoms with Crippen LogP contribution in [0.1, 0.15) is 18.4 Å². The van der Waals surface area contributed by atoms with E-state index in [2.05, 4.69) is 21.2 Å². The van der Waals surface area contributed by atoms with Crippen LogP contribution in [0.5, 0.6) is 5.75 Å². The molecule has 4 nitrogen and oxygen atoms in total. The van der Waals surface area contributed by atoms with Crippen LogP contribution in [0.15, 0.2) is 22.7 Å². The Labute approximate surface area is 123 Å². The van der Waals surface area contributed by atoms with Crippen LogP contribution < -0.4 is 5.32 Å². The molecule has 0 fully saturated rings. The number of halogens is 1. The van der Waals surface area contributed by atoms with Gasteiger partial charge in [0.2, 0.25) is 0 Å². The van der Waals surface area contributed by atoms with Gasteiger partial charge in [-0.15, -0.1) is 0 Å².